The molecule has 0 unspecified atom stereocenters. The maximum atomic E-state index is 12.4. The number of fused-ring (bicyclic) bond motifs is 30. The molecule has 46 atom stereocenters. The quantitative estimate of drug-likeness (QED) is 0.0751. The molecule has 24 aliphatic rings. The topological polar surface area (TPSA) is 248 Å². The van der Waals surface area contributed by atoms with Crippen LogP contribution in [0.25, 0.3) is 0 Å². The lowest BCUT2D eigenvalue weighted by molar-refractivity contribution is -0.149. The molecule has 0 radical (unpaired) electrons. The summed E-state index contributed by atoms with van der Waals surface area (Å²) < 4.78 is 0. The summed E-state index contributed by atoms with van der Waals surface area (Å²) in [5.74, 6) is 21.8. The molecule has 13 nitrogen and oxygen atoms in total. The second-order valence-electron chi connectivity index (χ2n) is 57.2. The average Bonchev–Trinajstić information content (AvgIpc) is 2.28. The molecule has 0 aliphatic heterocycles. The number of hydrogen-bond donors (Lipinski definition) is 6. The van der Waals surface area contributed by atoms with Crippen molar-refractivity contribution in [1.29, 1.82) is 5.26 Å². The number of rotatable bonds is 0. The zero-order chi connectivity index (χ0) is 97.4. The van der Waals surface area contributed by atoms with Gasteiger partial charge in [-0.3, -0.25) is 28.8 Å². The minimum atomic E-state index is -0.125. The molecule has 24 fully saturated rings. The lowest BCUT2D eigenvalue weighted by Gasteiger charge is -2.61. The first-order valence-corrected chi connectivity index (χ1v) is 60.1. The first kappa shape index (κ1) is 103. The molecule has 0 amide bonds. The second kappa shape index (κ2) is 38.2. The summed E-state index contributed by atoms with van der Waals surface area (Å²) in [6.45, 7) is 42.0. The van der Waals surface area contributed by atoms with Crippen LogP contribution in [0.1, 0.15) is 425 Å². The van der Waals surface area contributed by atoms with Crippen molar-refractivity contribution in [2.45, 2.75) is 456 Å². The third kappa shape index (κ3) is 16.8. The standard InChI is InChI=1S/C21H33NO.C20H30O3.2C20H32O2.C20H30O2.C19H30O2.C2H7P/c1-13-11-21(3)14(10-19(13)23)4-6-16-17-7-5-15(12-22)20(17,2)9-8-18(16)21;1-19-8-7-16-14(15(19)5-6-18(19)23)4-3-13-9-17(22)12(11-21)10-20(13,16)2;3*1-12-11-20(3)13(10-17(12)21)4-5-14-15-6-7-18(22)19(15,2)9-8-16(14)20;1-18-9-7-13(20)11-12(18)3-4-14-15-5-6-17(21)19(15,2)10-8-16(14)18;1-3-2/h13-19,23H,4-11H2,1-3H3;11,13-16,18,21,23H,3-10H2,1-2H3;12-16,18,22H,4-11H2,1-3H3;12-17,21H,4-11H2,1-3H3;12-16H,4-11H2,1-3H3;12,14-17,21H,3-11H2,1-2H3;3H,1-2H3/b;12-11+;;;;;/t13-,14+,15-,16+,17+,18+,19+,20-,21+;13-,14-,15-,16-,18-,19-,20-;12-,13+,14+,15+,16+,18+,19+,20+;12-,13+,14+,15+,16+,17+,19+,20+;12-,13+,14+,15+,16+,19+,20+;12-,14-,15-,16-,17-,18-,19-;/m101110./s1. The van der Waals surface area contributed by atoms with E-state index in [9.17, 15) is 64.7 Å². The summed E-state index contributed by atoms with van der Waals surface area (Å²) in [5, 5.41) is 71.2. The molecule has 6 N–H and O–H groups in total. The highest BCUT2D eigenvalue weighted by Crippen LogP contribution is 2.75. The van der Waals surface area contributed by atoms with E-state index in [0.29, 0.717) is 150 Å². The Labute approximate surface area is 826 Å². The van der Waals surface area contributed by atoms with Crippen LogP contribution < -0.4 is 0 Å². The Bertz CT molecular complexity index is 4470. The predicted octanol–water partition coefficient (Wildman–Crippen LogP) is 26.5. The first-order chi connectivity index (χ1) is 64.2. The van der Waals surface area contributed by atoms with Gasteiger partial charge in [0.15, 0.2) is 5.78 Å². The lowest BCUT2D eigenvalue weighted by atomic mass is 9.44. The minimum Gasteiger partial charge on any atom is -0.515 e. The van der Waals surface area contributed by atoms with E-state index in [1.807, 2.05) is 0 Å². The fourth-order valence-corrected chi connectivity index (χ4v) is 43.8. The van der Waals surface area contributed by atoms with Crippen LogP contribution in [0.2, 0.25) is 0 Å². The van der Waals surface area contributed by atoms with Gasteiger partial charge in [-0.1, -0.05) is 111 Å². The molecular formula is C122H194NO12P. The normalized spacial score (nSPS) is 55.6. The van der Waals surface area contributed by atoms with Crippen molar-refractivity contribution < 1.29 is 59.4 Å². The largest absolute Gasteiger partial charge is 0.515 e. The molecule has 0 spiro atoms. The Morgan fingerprint density at radius 3 is 1.01 bits per heavy atom. The van der Waals surface area contributed by atoms with E-state index >= 15 is 0 Å². The van der Waals surface area contributed by atoms with E-state index in [1.165, 1.54) is 167 Å². The smallest absolute Gasteiger partial charge is 0.162 e. The number of aliphatic hydroxyl groups is 6. The number of nitrogens with zero attached hydrogens (tertiary/aromatic N) is 1. The Morgan fingerprint density at radius 2 is 0.625 bits per heavy atom. The molecule has 24 aliphatic carbocycles. The van der Waals surface area contributed by atoms with Crippen LogP contribution in [-0.4, -0.2) is 109 Å². The summed E-state index contributed by atoms with van der Waals surface area (Å²) in [7, 11) is 1.08. The minimum absolute atomic E-state index is 0.00413. The van der Waals surface area contributed by atoms with E-state index in [0.717, 1.165) is 239 Å². The van der Waals surface area contributed by atoms with Gasteiger partial charge < -0.3 is 30.6 Å². The SMILES string of the molecule is CPC.C[C@@H]1C[C@@]2(C)[C@@H](CC[C@@H]3[C@@H]2CC[C@]2(C)C(=O)CC[C@@H]32)CC1=O.C[C@@H]1C[C@@]2(C)[C@@H](CC[C@@H]3[C@@H]2CC[C@]2(C)C(=O)CC[C@@H]32)C[C@@H]1O.C[C@@H]1C[C@@]2(C)[C@@H](CC[C@@H]3[C@@H]2CC[C@]2(C)[C@@H](C#N)CC[C@@H]32)C[C@@H]1O.C[C@@H]1C[C@@]2(C)[C@@H](CC[C@@H]3[C@@H]2CC[C@]2(C)[C@@H](O)CC[C@@H]32)CC1=O.C[C@]12C/C(=C\O)C(=O)C[C@@H]1CC[C@@H]1[C@@H]2CC[C@]2(C)[C@@H](O)CC[C@@H]12.C[C@]12CCC(=O)C[C@@H]1CC[C@@H]1[C@@H]2CC[C@]2(C)[C@@H](O)CC[C@@H]12. The average molecular weight is 1900 g/mol. The number of ketones is 6. The van der Waals surface area contributed by atoms with Gasteiger partial charge in [0.2, 0.25) is 0 Å². The van der Waals surface area contributed by atoms with Crippen LogP contribution in [-0.2, 0) is 28.8 Å². The highest BCUT2D eigenvalue weighted by molar-refractivity contribution is 7.35. The maximum absolute atomic E-state index is 12.4. The zero-order valence-corrected chi connectivity index (χ0v) is 89.9. The fraction of sp³-hybridized carbons (Fsp3) is 0.926. The summed E-state index contributed by atoms with van der Waals surface area (Å²) in [6.07, 6.45) is 55.9. The molecule has 0 heterocycles. The van der Waals surface area contributed by atoms with Crippen molar-refractivity contribution in [3.05, 3.63) is 11.8 Å². The maximum Gasteiger partial charge on any atom is 0.162 e. The molecule has 24 rings (SSSR count). The van der Waals surface area contributed by atoms with E-state index in [-0.39, 0.29) is 80.6 Å². The number of aliphatic hydroxyl groups excluding tert-OH is 6. The van der Waals surface area contributed by atoms with Crippen molar-refractivity contribution in [1.82, 2.24) is 0 Å². The van der Waals surface area contributed by atoms with Crippen molar-refractivity contribution >= 4 is 43.3 Å². The summed E-state index contributed by atoms with van der Waals surface area (Å²) in [4.78, 5) is 73.3. The van der Waals surface area contributed by atoms with Crippen molar-refractivity contribution in [3.63, 3.8) is 0 Å². The molecular weight excluding hydrogens is 1700 g/mol. The van der Waals surface area contributed by atoms with Gasteiger partial charge in [0, 0.05) is 73.2 Å². The van der Waals surface area contributed by atoms with Gasteiger partial charge in [0.05, 0.1) is 48.8 Å². The third-order valence-electron chi connectivity index (χ3n) is 52.1. The first-order valence-electron chi connectivity index (χ1n) is 58.1. The number of carbonyl (C=O) groups excluding carboxylic acids is 6. The van der Waals surface area contributed by atoms with Crippen molar-refractivity contribution in [2.24, 2.45) is 237 Å². The van der Waals surface area contributed by atoms with Crippen LogP contribution in [0.3, 0.4) is 0 Å². The Hall–Kier alpha value is -2.72. The second-order valence-corrected chi connectivity index (χ2v) is 58.2. The number of hydrogen-bond acceptors (Lipinski definition) is 13. The molecule has 0 saturated heterocycles. The van der Waals surface area contributed by atoms with Gasteiger partial charge in [0.1, 0.15) is 28.9 Å². The van der Waals surface area contributed by atoms with Crippen LogP contribution in [0.5, 0.6) is 0 Å². The number of Topliss-reactive ketones (excluding diaryl/α,β-unsaturated/α-hetero) is 6. The Morgan fingerprint density at radius 1 is 0.316 bits per heavy atom. The van der Waals surface area contributed by atoms with Crippen LogP contribution in [0, 0.1) is 248 Å². The van der Waals surface area contributed by atoms with Gasteiger partial charge in [0.25, 0.3) is 0 Å². The van der Waals surface area contributed by atoms with Gasteiger partial charge in [-0.25, -0.2) is 0 Å². The van der Waals surface area contributed by atoms with Crippen LogP contribution in [0.4, 0.5) is 0 Å². The molecule has 764 valence electrons. The molecule has 0 bridgehead atoms. The number of carbonyl (C=O) groups is 6. The van der Waals surface area contributed by atoms with Crippen molar-refractivity contribution in [3.8, 4) is 6.07 Å². The molecule has 136 heavy (non-hydrogen) atoms. The Kier molecular flexibility index (Phi) is 29.0. The van der Waals surface area contributed by atoms with Gasteiger partial charge in [-0.15, -0.1) is 8.58 Å². The van der Waals surface area contributed by atoms with E-state index in [2.05, 4.69) is 130 Å². The summed E-state index contributed by atoms with van der Waals surface area (Å²) in [5.41, 5.74) is 3.55. The number of nitriles is 1. The lowest BCUT2D eigenvalue weighted by Crippen LogP contribution is -2.55. The molecule has 0 aromatic carbocycles. The van der Waals surface area contributed by atoms with Gasteiger partial charge in [-0.2, -0.15) is 5.26 Å². The summed E-state index contributed by atoms with van der Waals surface area (Å²) in [6, 6.07) is 2.64. The zero-order valence-electron chi connectivity index (χ0n) is 88.9. The summed E-state index contributed by atoms with van der Waals surface area (Å²) >= 11 is 0. The van der Waals surface area contributed by atoms with Gasteiger partial charge in [-0.05, 0) is 491 Å². The van der Waals surface area contributed by atoms with Gasteiger partial charge >= 0.3 is 0 Å². The highest BCUT2D eigenvalue weighted by Gasteiger charge is 2.69. The van der Waals surface area contributed by atoms with E-state index < -0.39 is 0 Å². The van der Waals surface area contributed by atoms with E-state index in [4.69, 9.17) is 0 Å². The monoisotopic (exact) mass is 1900 g/mol. The molecule has 0 aromatic rings. The highest BCUT2D eigenvalue weighted by atomic mass is 31.1. The number of allylic oxidation sites excluding steroid dienone is 1. The van der Waals surface area contributed by atoms with Crippen LogP contribution >= 0.6 is 8.58 Å². The third-order valence-corrected chi connectivity index (χ3v) is 52.1. The predicted molar refractivity (Wildman–Crippen MR) is 544 cm³/mol. The molecule has 0 aromatic heterocycles. The van der Waals surface area contributed by atoms with Crippen LogP contribution in [0.15, 0.2) is 11.8 Å². The molecule has 14 heteroatoms. The molecule has 24 saturated carbocycles. The Balaban J connectivity index is 0.000000108. The van der Waals surface area contributed by atoms with E-state index in [1.54, 1.807) is 0 Å². The fourth-order valence-electron chi connectivity index (χ4n) is 43.8. The van der Waals surface area contributed by atoms with Crippen molar-refractivity contribution in [2.75, 3.05) is 13.3 Å².